The monoisotopic (exact) mass is 273 g/mol. The second-order valence-electron chi connectivity index (χ2n) is 3.65. The third-order valence-electron chi connectivity index (χ3n) is 2.17. The number of aromatic carboxylic acids is 1. The van der Waals surface area contributed by atoms with Crippen LogP contribution in [0.15, 0.2) is 12.1 Å². The maximum atomic E-state index is 11.6. The Morgan fingerprint density at radius 3 is 2.76 bits per heavy atom. The van der Waals surface area contributed by atoms with Crippen molar-refractivity contribution in [1.29, 1.82) is 0 Å². The molecular weight excluding hydrogens is 258 g/mol. The van der Waals surface area contributed by atoms with E-state index in [1.807, 2.05) is 13.2 Å². The zero-order valence-corrected chi connectivity index (χ0v) is 11.4. The summed E-state index contributed by atoms with van der Waals surface area (Å²) in [5.41, 5.74) is 0. The minimum absolute atomic E-state index is 0.00428. The molecular formula is C11H15NO3S2. The van der Waals surface area contributed by atoms with Crippen LogP contribution in [-0.2, 0) is 11.3 Å². The molecule has 0 saturated heterocycles. The van der Waals surface area contributed by atoms with Crippen molar-refractivity contribution >= 4 is 35.0 Å². The number of carboxylic acids is 1. The molecule has 1 unspecified atom stereocenters. The highest BCUT2D eigenvalue weighted by Crippen LogP contribution is 2.16. The van der Waals surface area contributed by atoms with Gasteiger partial charge >= 0.3 is 5.97 Å². The summed E-state index contributed by atoms with van der Waals surface area (Å²) in [6, 6.07) is 3.29. The molecule has 1 aromatic rings. The Morgan fingerprint density at radius 1 is 1.53 bits per heavy atom. The standard InChI is InChI=1S/C11H15NO3S2/c1-7(6-16-2)10(13)12-5-8-3-4-9(17-8)11(14)15/h3-4,7H,5-6H2,1-2H3,(H,12,13)(H,14,15). The van der Waals surface area contributed by atoms with E-state index in [0.717, 1.165) is 10.6 Å². The van der Waals surface area contributed by atoms with Crippen LogP contribution in [0, 0.1) is 5.92 Å². The molecule has 94 valence electrons. The average molecular weight is 273 g/mol. The summed E-state index contributed by atoms with van der Waals surface area (Å²) in [5.74, 6) is -0.159. The smallest absolute Gasteiger partial charge is 0.345 e. The first kappa shape index (κ1) is 14.1. The first-order valence-corrected chi connectivity index (χ1v) is 7.34. The quantitative estimate of drug-likeness (QED) is 0.832. The molecule has 6 heteroatoms. The van der Waals surface area contributed by atoms with Gasteiger partial charge in [0.1, 0.15) is 4.88 Å². The Morgan fingerprint density at radius 2 is 2.24 bits per heavy atom. The molecule has 0 spiro atoms. The van der Waals surface area contributed by atoms with Crippen molar-refractivity contribution in [2.75, 3.05) is 12.0 Å². The van der Waals surface area contributed by atoms with Gasteiger partial charge in [-0.05, 0) is 18.4 Å². The van der Waals surface area contributed by atoms with Crippen molar-refractivity contribution in [3.63, 3.8) is 0 Å². The minimum atomic E-state index is -0.927. The molecule has 17 heavy (non-hydrogen) atoms. The zero-order valence-electron chi connectivity index (χ0n) is 9.73. The van der Waals surface area contributed by atoms with Gasteiger partial charge in [0.15, 0.2) is 0 Å². The van der Waals surface area contributed by atoms with Gasteiger partial charge in [-0.2, -0.15) is 11.8 Å². The highest BCUT2D eigenvalue weighted by molar-refractivity contribution is 7.98. The lowest BCUT2D eigenvalue weighted by Gasteiger charge is -2.09. The lowest BCUT2D eigenvalue weighted by atomic mass is 10.2. The Bertz CT molecular complexity index is 403. The molecule has 1 amide bonds. The fourth-order valence-corrected chi connectivity index (χ4v) is 2.70. The van der Waals surface area contributed by atoms with Crippen molar-refractivity contribution in [2.45, 2.75) is 13.5 Å². The van der Waals surface area contributed by atoms with E-state index in [1.54, 1.807) is 23.9 Å². The molecule has 0 aliphatic heterocycles. The Hall–Kier alpha value is -1.01. The van der Waals surface area contributed by atoms with E-state index < -0.39 is 5.97 Å². The van der Waals surface area contributed by atoms with E-state index in [1.165, 1.54) is 11.3 Å². The topological polar surface area (TPSA) is 66.4 Å². The van der Waals surface area contributed by atoms with Crippen molar-refractivity contribution in [3.8, 4) is 0 Å². The molecule has 0 aliphatic rings. The third kappa shape index (κ3) is 4.40. The van der Waals surface area contributed by atoms with Gasteiger partial charge in [-0.15, -0.1) is 11.3 Å². The van der Waals surface area contributed by atoms with E-state index in [4.69, 9.17) is 5.11 Å². The van der Waals surface area contributed by atoms with Crippen molar-refractivity contribution < 1.29 is 14.7 Å². The van der Waals surface area contributed by atoms with Crippen molar-refractivity contribution in [3.05, 3.63) is 21.9 Å². The van der Waals surface area contributed by atoms with E-state index in [0.29, 0.717) is 11.4 Å². The van der Waals surface area contributed by atoms with Gasteiger partial charge in [-0.3, -0.25) is 4.79 Å². The number of thiophene rings is 1. The van der Waals surface area contributed by atoms with E-state index in [-0.39, 0.29) is 11.8 Å². The molecule has 1 aromatic heterocycles. The SMILES string of the molecule is CSCC(C)C(=O)NCc1ccc(C(=O)O)s1. The second kappa shape index (κ2) is 6.66. The first-order valence-electron chi connectivity index (χ1n) is 5.13. The van der Waals surface area contributed by atoms with Gasteiger partial charge in [0, 0.05) is 16.5 Å². The van der Waals surface area contributed by atoms with Crippen LogP contribution in [0.25, 0.3) is 0 Å². The van der Waals surface area contributed by atoms with E-state index >= 15 is 0 Å². The third-order valence-corrected chi connectivity index (χ3v) is 4.08. The first-order chi connectivity index (χ1) is 8.04. The van der Waals surface area contributed by atoms with Gasteiger partial charge in [-0.25, -0.2) is 4.79 Å². The molecule has 0 radical (unpaired) electrons. The molecule has 1 atom stereocenters. The number of amides is 1. The van der Waals surface area contributed by atoms with Crippen LogP contribution in [0.2, 0.25) is 0 Å². The van der Waals surface area contributed by atoms with E-state index in [2.05, 4.69) is 5.32 Å². The number of thioether (sulfide) groups is 1. The average Bonchev–Trinajstić information content (AvgIpc) is 2.75. The largest absolute Gasteiger partial charge is 0.477 e. The Balaban J connectivity index is 2.44. The fourth-order valence-electron chi connectivity index (χ4n) is 1.26. The number of hydrogen-bond donors (Lipinski definition) is 2. The highest BCUT2D eigenvalue weighted by atomic mass is 32.2. The van der Waals surface area contributed by atoms with Crippen LogP contribution in [0.1, 0.15) is 21.5 Å². The number of carboxylic acid groups (broad SMARTS) is 1. The lowest BCUT2D eigenvalue weighted by molar-refractivity contribution is -0.123. The lowest BCUT2D eigenvalue weighted by Crippen LogP contribution is -2.29. The second-order valence-corrected chi connectivity index (χ2v) is 5.72. The van der Waals surface area contributed by atoms with Crippen molar-refractivity contribution in [1.82, 2.24) is 5.32 Å². The number of rotatable bonds is 6. The number of carbonyl (C=O) groups is 2. The van der Waals surface area contributed by atoms with Crippen LogP contribution < -0.4 is 5.32 Å². The summed E-state index contributed by atoms with van der Waals surface area (Å²) >= 11 is 2.82. The van der Waals surface area contributed by atoms with Crippen LogP contribution in [0.3, 0.4) is 0 Å². The van der Waals surface area contributed by atoms with E-state index in [9.17, 15) is 9.59 Å². The van der Waals surface area contributed by atoms with Crippen LogP contribution in [0.5, 0.6) is 0 Å². The normalized spacial score (nSPS) is 12.1. The Labute approximate surface area is 108 Å². The number of carbonyl (C=O) groups excluding carboxylic acids is 1. The molecule has 4 nitrogen and oxygen atoms in total. The maximum absolute atomic E-state index is 11.6. The fraction of sp³-hybridized carbons (Fsp3) is 0.455. The molecule has 0 aromatic carbocycles. The highest BCUT2D eigenvalue weighted by Gasteiger charge is 2.12. The minimum Gasteiger partial charge on any atom is -0.477 e. The summed E-state index contributed by atoms with van der Waals surface area (Å²) in [7, 11) is 0. The van der Waals surface area contributed by atoms with Gasteiger partial charge < -0.3 is 10.4 Å². The summed E-state index contributed by atoms with van der Waals surface area (Å²) in [6.45, 7) is 2.28. The summed E-state index contributed by atoms with van der Waals surface area (Å²) < 4.78 is 0. The van der Waals surface area contributed by atoms with Gasteiger partial charge in [0.25, 0.3) is 0 Å². The van der Waals surface area contributed by atoms with Crippen LogP contribution in [-0.4, -0.2) is 29.0 Å². The van der Waals surface area contributed by atoms with Gasteiger partial charge in [0.2, 0.25) is 5.91 Å². The van der Waals surface area contributed by atoms with Crippen molar-refractivity contribution in [2.24, 2.45) is 5.92 Å². The molecule has 1 heterocycles. The van der Waals surface area contributed by atoms with Crippen LogP contribution in [0.4, 0.5) is 0 Å². The Kier molecular flexibility index (Phi) is 5.50. The molecule has 0 fully saturated rings. The predicted molar refractivity (Wildman–Crippen MR) is 70.7 cm³/mol. The number of hydrogen-bond acceptors (Lipinski definition) is 4. The number of nitrogens with one attached hydrogen (secondary N) is 1. The molecule has 0 saturated carbocycles. The summed E-state index contributed by atoms with van der Waals surface area (Å²) in [5, 5.41) is 11.6. The predicted octanol–water partition coefficient (Wildman–Crippen LogP) is 2.06. The van der Waals surface area contributed by atoms with Crippen LogP contribution >= 0.6 is 23.1 Å². The van der Waals surface area contributed by atoms with Gasteiger partial charge in [0.05, 0.1) is 6.54 Å². The molecule has 0 aliphatic carbocycles. The summed E-state index contributed by atoms with van der Waals surface area (Å²) in [4.78, 5) is 23.4. The van der Waals surface area contributed by atoms with Gasteiger partial charge in [-0.1, -0.05) is 6.92 Å². The molecule has 2 N–H and O–H groups in total. The maximum Gasteiger partial charge on any atom is 0.345 e. The zero-order chi connectivity index (χ0) is 12.8. The molecule has 1 rings (SSSR count). The molecule has 0 bridgehead atoms. The summed E-state index contributed by atoms with van der Waals surface area (Å²) in [6.07, 6.45) is 1.96.